The maximum Gasteiger partial charge on any atom is 0.278 e. The van der Waals surface area contributed by atoms with Crippen LogP contribution in [0.5, 0.6) is 5.75 Å². The largest absolute Gasteiger partial charge is 0.487 e. The highest BCUT2D eigenvalue weighted by atomic mass is 79.9. The second-order valence-corrected chi connectivity index (χ2v) is 8.52. The van der Waals surface area contributed by atoms with Crippen LogP contribution in [0.25, 0.3) is 21.9 Å². The number of benzene rings is 1. The highest BCUT2D eigenvalue weighted by molar-refractivity contribution is 9.10. The fraction of sp³-hybridized carbons (Fsp3) is 0.267. The molecule has 0 atom stereocenters. The van der Waals surface area contributed by atoms with Crippen molar-refractivity contribution in [2.45, 2.75) is 17.7 Å². The number of alkyl halides is 2. The van der Waals surface area contributed by atoms with E-state index in [0.29, 0.717) is 20.9 Å². The van der Waals surface area contributed by atoms with Gasteiger partial charge < -0.3 is 9.72 Å². The van der Waals surface area contributed by atoms with Crippen molar-refractivity contribution in [3.63, 3.8) is 0 Å². The second kappa shape index (κ2) is 5.66. The molecule has 1 N–H and O–H groups in total. The molecule has 2 heterocycles. The molecule has 0 fully saturated rings. The standard InChI is InChI=1S/C15H13BrF2N2O3S/c1-15(17,18)7-23-10-3-4-11(24(2,21)22)14-12(10)13-9(20-14)5-8(16)6-19-13/h3-6,20H,7H2,1-2H3. The summed E-state index contributed by atoms with van der Waals surface area (Å²) in [4.78, 5) is 7.31. The highest BCUT2D eigenvalue weighted by Gasteiger charge is 2.25. The van der Waals surface area contributed by atoms with Crippen LogP contribution in [0, 0.1) is 0 Å². The topological polar surface area (TPSA) is 72.1 Å². The van der Waals surface area contributed by atoms with Crippen molar-refractivity contribution in [3.05, 3.63) is 28.9 Å². The molecular weight excluding hydrogens is 406 g/mol. The molecule has 0 saturated carbocycles. The van der Waals surface area contributed by atoms with E-state index in [1.165, 1.54) is 12.1 Å². The zero-order chi connectivity index (χ0) is 17.7. The van der Waals surface area contributed by atoms with Gasteiger partial charge in [0.05, 0.1) is 26.8 Å². The molecule has 24 heavy (non-hydrogen) atoms. The third-order valence-corrected chi connectivity index (χ3v) is 4.93. The van der Waals surface area contributed by atoms with Crippen LogP contribution >= 0.6 is 15.9 Å². The Morgan fingerprint density at radius 1 is 1.38 bits per heavy atom. The van der Waals surface area contributed by atoms with Gasteiger partial charge >= 0.3 is 0 Å². The van der Waals surface area contributed by atoms with Gasteiger partial charge in [-0.1, -0.05) is 0 Å². The molecule has 2 aromatic heterocycles. The van der Waals surface area contributed by atoms with Crippen LogP contribution in [-0.4, -0.2) is 37.2 Å². The zero-order valence-electron chi connectivity index (χ0n) is 12.7. The molecule has 0 aliphatic heterocycles. The van der Waals surface area contributed by atoms with Gasteiger partial charge in [0, 0.05) is 23.8 Å². The average molecular weight is 419 g/mol. The molecule has 0 amide bonds. The summed E-state index contributed by atoms with van der Waals surface area (Å²) in [6.45, 7) is -0.0663. The molecule has 0 radical (unpaired) electrons. The van der Waals surface area contributed by atoms with Gasteiger partial charge in [-0.3, -0.25) is 4.98 Å². The van der Waals surface area contributed by atoms with Crippen LogP contribution in [0.15, 0.2) is 33.8 Å². The molecule has 0 bridgehead atoms. The predicted octanol–water partition coefficient (Wildman–Crippen LogP) is 3.92. The Kier molecular flexibility index (Phi) is 4.03. The van der Waals surface area contributed by atoms with Crippen molar-refractivity contribution >= 4 is 47.7 Å². The number of nitrogens with zero attached hydrogens (tertiary/aromatic N) is 1. The van der Waals surface area contributed by atoms with Crippen LogP contribution in [0.4, 0.5) is 8.78 Å². The lowest BCUT2D eigenvalue weighted by molar-refractivity contribution is -0.0225. The quantitative estimate of drug-likeness (QED) is 0.696. The van der Waals surface area contributed by atoms with Gasteiger partial charge in [-0.25, -0.2) is 17.2 Å². The summed E-state index contributed by atoms with van der Waals surface area (Å²) in [5.41, 5.74) is 1.31. The van der Waals surface area contributed by atoms with Crippen molar-refractivity contribution in [1.29, 1.82) is 0 Å². The minimum Gasteiger partial charge on any atom is -0.487 e. The molecule has 3 rings (SSSR count). The highest BCUT2D eigenvalue weighted by Crippen LogP contribution is 2.37. The Labute approximate surface area is 145 Å². The first-order valence-corrected chi connectivity index (χ1v) is 9.55. The minimum atomic E-state index is -3.52. The van der Waals surface area contributed by atoms with Gasteiger partial charge in [-0.2, -0.15) is 0 Å². The molecule has 0 spiro atoms. The van der Waals surface area contributed by atoms with Crippen molar-refractivity contribution in [2.75, 3.05) is 12.9 Å². The number of aromatic nitrogens is 2. The fourth-order valence-electron chi connectivity index (χ4n) is 2.43. The van der Waals surface area contributed by atoms with E-state index < -0.39 is 22.4 Å². The summed E-state index contributed by atoms with van der Waals surface area (Å²) < 4.78 is 56.2. The molecule has 9 heteroatoms. The molecular formula is C15H13BrF2N2O3S. The molecule has 0 aliphatic rings. The average Bonchev–Trinajstić information content (AvgIpc) is 2.80. The number of sulfone groups is 1. The Bertz CT molecular complexity index is 1040. The van der Waals surface area contributed by atoms with E-state index in [-0.39, 0.29) is 16.2 Å². The number of hydrogen-bond acceptors (Lipinski definition) is 4. The van der Waals surface area contributed by atoms with E-state index in [1.807, 2.05) is 0 Å². The number of fused-ring (bicyclic) bond motifs is 3. The predicted molar refractivity (Wildman–Crippen MR) is 90.5 cm³/mol. The first kappa shape index (κ1) is 17.1. The molecule has 0 saturated heterocycles. The lowest BCUT2D eigenvalue weighted by Gasteiger charge is -2.13. The van der Waals surface area contributed by atoms with E-state index in [2.05, 4.69) is 25.9 Å². The second-order valence-electron chi connectivity index (χ2n) is 5.62. The van der Waals surface area contributed by atoms with Crippen molar-refractivity contribution in [3.8, 4) is 5.75 Å². The summed E-state index contributed by atoms with van der Waals surface area (Å²) in [6.07, 6.45) is 2.62. The monoisotopic (exact) mass is 418 g/mol. The summed E-state index contributed by atoms with van der Waals surface area (Å²) in [5, 5.41) is 0.365. The van der Waals surface area contributed by atoms with Crippen LogP contribution in [0.3, 0.4) is 0 Å². The maximum atomic E-state index is 13.1. The number of ether oxygens (including phenoxy) is 1. The number of nitrogens with one attached hydrogen (secondary N) is 1. The SMILES string of the molecule is CC(F)(F)COc1ccc(S(C)(=O)=O)c2[nH]c3cc(Br)cnc3c12. The Morgan fingerprint density at radius 2 is 2.08 bits per heavy atom. The van der Waals surface area contributed by atoms with E-state index in [9.17, 15) is 17.2 Å². The molecule has 1 aromatic carbocycles. The summed E-state index contributed by atoms with van der Waals surface area (Å²) >= 11 is 3.29. The first-order valence-electron chi connectivity index (χ1n) is 6.87. The number of hydrogen-bond donors (Lipinski definition) is 1. The lowest BCUT2D eigenvalue weighted by Crippen LogP contribution is -2.21. The van der Waals surface area contributed by atoms with Gasteiger partial charge in [-0.15, -0.1) is 0 Å². The van der Waals surface area contributed by atoms with Gasteiger partial charge in [-0.05, 0) is 34.1 Å². The van der Waals surface area contributed by atoms with Gasteiger partial charge in [0.25, 0.3) is 5.92 Å². The van der Waals surface area contributed by atoms with E-state index in [4.69, 9.17) is 4.74 Å². The van der Waals surface area contributed by atoms with Crippen molar-refractivity contribution < 1.29 is 21.9 Å². The van der Waals surface area contributed by atoms with Gasteiger partial charge in [0.1, 0.15) is 5.75 Å². The van der Waals surface area contributed by atoms with Crippen molar-refractivity contribution in [1.82, 2.24) is 9.97 Å². The summed E-state index contributed by atoms with van der Waals surface area (Å²) in [5.74, 6) is -2.86. The maximum absolute atomic E-state index is 13.1. The van der Waals surface area contributed by atoms with Crippen LogP contribution in [0.2, 0.25) is 0 Å². The Morgan fingerprint density at radius 3 is 2.71 bits per heavy atom. The third kappa shape index (κ3) is 3.23. The molecule has 5 nitrogen and oxygen atoms in total. The lowest BCUT2D eigenvalue weighted by atomic mass is 10.2. The van der Waals surface area contributed by atoms with Crippen LogP contribution < -0.4 is 4.74 Å². The number of halogens is 3. The summed E-state index contributed by atoms with van der Waals surface area (Å²) in [7, 11) is -3.52. The van der Waals surface area contributed by atoms with E-state index in [1.54, 1.807) is 12.3 Å². The van der Waals surface area contributed by atoms with Crippen LogP contribution in [0.1, 0.15) is 6.92 Å². The first-order chi connectivity index (χ1) is 11.1. The van der Waals surface area contributed by atoms with E-state index >= 15 is 0 Å². The Balaban J connectivity index is 2.32. The third-order valence-electron chi connectivity index (χ3n) is 3.36. The van der Waals surface area contributed by atoms with Gasteiger partial charge in [0.15, 0.2) is 16.4 Å². The Hall–Kier alpha value is -1.74. The van der Waals surface area contributed by atoms with Crippen molar-refractivity contribution in [2.24, 2.45) is 0 Å². The van der Waals surface area contributed by atoms with Crippen LogP contribution in [-0.2, 0) is 9.84 Å². The molecule has 0 unspecified atom stereocenters. The van der Waals surface area contributed by atoms with E-state index in [0.717, 1.165) is 13.2 Å². The minimum absolute atomic E-state index is 0.0576. The van der Waals surface area contributed by atoms with Gasteiger partial charge in [0.2, 0.25) is 0 Å². The zero-order valence-corrected chi connectivity index (χ0v) is 15.1. The molecule has 0 aliphatic carbocycles. The summed E-state index contributed by atoms with van der Waals surface area (Å²) in [6, 6.07) is 4.44. The number of rotatable bonds is 4. The molecule has 128 valence electrons. The number of H-pyrrole nitrogens is 1. The molecule has 3 aromatic rings. The number of pyridine rings is 1. The fourth-order valence-corrected chi connectivity index (χ4v) is 3.60. The normalized spacial score (nSPS) is 12.9. The smallest absolute Gasteiger partial charge is 0.278 e. The number of aromatic amines is 1.